The number of nitrogens with two attached hydrogens (primary N) is 1. The molecular formula is C11H16N2O2S. The van der Waals surface area contributed by atoms with Crippen LogP contribution in [0.15, 0.2) is 17.5 Å². The minimum Gasteiger partial charge on any atom is -0.364 e. The van der Waals surface area contributed by atoms with Gasteiger partial charge in [-0.3, -0.25) is 4.79 Å². The van der Waals surface area contributed by atoms with Gasteiger partial charge in [-0.25, -0.2) is 0 Å². The molecule has 1 aromatic heterocycles. The van der Waals surface area contributed by atoms with Crippen LogP contribution in [0.3, 0.4) is 0 Å². The number of ether oxygens (including phenoxy) is 1. The average Bonchev–Trinajstić information content (AvgIpc) is 2.96. The summed E-state index contributed by atoms with van der Waals surface area (Å²) in [6.45, 7) is 1.08. The standard InChI is InChI=1S/C11H16N2O2S/c12-6-8-3-4-10(15-8)11(14)13-7-9-2-1-5-16-9/h1-2,5,8,10H,3-4,6-7,12H2,(H,13,14)/t8-,10+/m1/s1. The van der Waals surface area contributed by atoms with Crippen LogP contribution >= 0.6 is 11.3 Å². The molecule has 0 saturated carbocycles. The third kappa shape index (κ3) is 2.81. The van der Waals surface area contributed by atoms with E-state index >= 15 is 0 Å². The van der Waals surface area contributed by atoms with Crippen molar-refractivity contribution in [1.29, 1.82) is 0 Å². The Morgan fingerprint density at radius 2 is 2.50 bits per heavy atom. The highest BCUT2D eigenvalue weighted by Gasteiger charge is 2.29. The molecule has 16 heavy (non-hydrogen) atoms. The third-order valence-corrected chi connectivity index (χ3v) is 3.56. The maximum atomic E-state index is 11.7. The first-order valence-electron chi connectivity index (χ1n) is 5.45. The molecule has 2 rings (SSSR count). The summed E-state index contributed by atoms with van der Waals surface area (Å²) in [7, 11) is 0. The molecule has 4 nitrogen and oxygen atoms in total. The normalized spacial score (nSPS) is 24.6. The van der Waals surface area contributed by atoms with Gasteiger partial charge in [-0.2, -0.15) is 0 Å². The smallest absolute Gasteiger partial charge is 0.249 e. The number of nitrogens with one attached hydrogen (secondary N) is 1. The van der Waals surface area contributed by atoms with Gasteiger partial charge in [0.2, 0.25) is 5.91 Å². The largest absolute Gasteiger partial charge is 0.364 e. The van der Waals surface area contributed by atoms with E-state index in [2.05, 4.69) is 5.32 Å². The van der Waals surface area contributed by atoms with Gasteiger partial charge in [-0.05, 0) is 24.3 Å². The number of carbonyl (C=O) groups is 1. The number of carbonyl (C=O) groups excluding carboxylic acids is 1. The van der Waals surface area contributed by atoms with E-state index < -0.39 is 0 Å². The zero-order chi connectivity index (χ0) is 11.4. The molecule has 0 radical (unpaired) electrons. The maximum absolute atomic E-state index is 11.7. The van der Waals surface area contributed by atoms with Gasteiger partial charge in [0.25, 0.3) is 0 Å². The molecule has 1 aromatic rings. The highest BCUT2D eigenvalue weighted by atomic mass is 32.1. The van der Waals surface area contributed by atoms with Crippen LogP contribution in [0.4, 0.5) is 0 Å². The topological polar surface area (TPSA) is 64.4 Å². The molecule has 0 bridgehead atoms. The zero-order valence-corrected chi connectivity index (χ0v) is 9.83. The van der Waals surface area contributed by atoms with Gasteiger partial charge in [-0.1, -0.05) is 6.07 Å². The Morgan fingerprint density at radius 1 is 1.62 bits per heavy atom. The summed E-state index contributed by atoms with van der Waals surface area (Å²) in [5, 5.41) is 4.88. The first-order chi connectivity index (χ1) is 7.79. The monoisotopic (exact) mass is 240 g/mol. The molecule has 0 aromatic carbocycles. The molecule has 0 unspecified atom stereocenters. The van der Waals surface area contributed by atoms with Crippen molar-refractivity contribution in [1.82, 2.24) is 5.32 Å². The van der Waals surface area contributed by atoms with Crippen molar-refractivity contribution < 1.29 is 9.53 Å². The van der Waals surface area contributed by atoms with E-state index in [0.717, 1.165) is 17.7 Å². The highest BCUT2D eigenvalue weighted by molar-refractivity contribution is 7.09. The Morgan fingerprint density at radius 3 is 3.12 bits per heavy atom. The number of rotatable bonds is 4. The Labute approximate surface area is 98.8 Å². The lowest BCUT2D eigenvalue weighted by molar-refractivity contribution is -0.132. The highest BCUT2D eigenvalue weighted by Crippen LogP contribution is 2.19. The van der Waals surface area contributed by atoms with E-state index in [0.29, 0.717) is 13.1 Å². The van der Waals surface area contributed by atoms with Crippen LogP contribution in [-0.4, -0.2) is 24.7 Å². The summed E-state index contributed by atoms with van der Waals surface area (Å²) in [5.74, 6) is -0.0237. The fourth-order valence-corrected chi connectivity index (χ4v) is 2.42. The molecule has 1 aliphatic heterocycles. The van der Waals surface area contributed by atoms with Gasteiger partial charge in [0.15, 0.2) is 0 Å². The fourth-order valence-electron chi connectivity index (χ4n) is 1.77. The Hall–Kier alpha value is -0.910. The zero-order valence-electron chi connectivity index (χ0n) is 9.02. The molecule has 0 aliphatic carbocycles. The molecule has 2 heterocycles. The molecule has 3 N–H and O–H groups in total. The molecule has 1 fully saturated rings. The van der Waals surface area contributed by atoms with Gasteiger partial charge in [0.05, 0.1) is 12.6 Å². The molecule has 1 amide bonds. The van der Waals surface area contributed by atoms with E-state index in [1.54, 1.807) is 11.3 Å². The predicted octanol–water partition coefficient (Wildman–Crippen LogP) is 0.871. The van der Waals surface area contributed by atoms with Gasteiger partial charge in [-0.15, -0.1) is 11.3 Å². The van der Waals surface area contributed by atoms with Crippen molar-refractivity contribution in [2.24, 2.45) is 5.73 Å². The summed E-state index contributed by atoms with van der Waals surface area (Å²) in [6.07, 6.45) is 1.40. The van der Waals surface area contributed by atoms with E-state index in [1.807, 2.05) is 17.5 Å². The van der Waals surface area contributed by atoms with Crippen LogP contribution in [0.5, 0.6) is 0 Å². The summed E-state index contributed by atoms with van der Waals surface area (Å²) in [4.78, 5) is 12.9. The Bertz CT molecular complexity index is 340. The fraction of sp³-hybridized carbons (Fsp3) is 0.545. The van der Waals surface area contributed by atoms with Gasteiger partial charge in [0.1, 0.15) is 6.10 Å². The van der Waals surface area contributed by atoms with Crippen LogP contribution in [0.1, 0.15) is 17.7 Å². The number of amides is 1. The lowest BCUT2D eigenvalue weighted by Gasteiger charge is -2.12. The quantitative estimate of drug-likeness (QED) is 0.821. The maximum Gasteiger partial charge on any atom is 0.249 e. The summed E-state index contributed by atoms with van der Waals surface area (Å²) >= 11 is 1.64. The molecule has 0 spiro atoms. The molecule has 88 valence electrons. The number of hydrogen-bond donors (Lipinski definition) is 2. The van der Waals surface area contributed by atoms with E-state index in [1.165, 1.54) is 0 Å². The van der Waals surface area contributed by atoms with Crippen molar-refractivity contribution in [3.8, 4) is 0 Å². The van der Waals surface area contributed by atoms with Crippen molar-refractivity contribution in [3.63, 3.8) is 0 Å². The van der Waals surface area contributed by atoms with Crippen LogP contribution in [-0.2, 0) is 16.1 Å². The average molecular weight is 240 g/mol. The van der Waals surface area contributed by atoms with Crippen LogP contribution in [0.2, 0.25) is 0 Å². The third-order valence-electron chi connectivity index (χ3n) is 2.68. The van der Waals surface area contributed by atoms with Gasteiger partial charge >= 0.3 is 0 Å². The second-order valence-electron chi connectivity index (χ2n) is 3.86. The second-order valence-corrected chi connectivity index (χ2v) is 4.89. The van der Waals surface area contributed by atoms with Crippen LogP contribution in [0.25, 0.3) is 0 Å². The van der Waals surface area contributed by atoms with Gasteiger partial charge in [0, 0.05) is 11.4 Å². The molecule has 1 aliphatic rings. The van der Waals surface area contributed by atoms with Crippen LogP contribution in [0, 0.1) is 0 Å². The van der Waals surface area contributed by atoms with E-state index in [4.69, 9.17) is 10.5 Å². The van der Waals surface area contributed by atoms with Crippen molar-refractivity contribution in [3.05, 3.63) is 22.4 Å². The summed E-state index contributed by atoms with van der Waals surface area (Å²) in [6, 6.07) is 3.98. The lowest BCUT2D eigenvalue weighted by Crippen LogP contribution is -2.34. The second kappa shape index (κ2) is 5.43. The molecule has 1 saturated heterocycles. The van der Waals surface area contributed by atoms with Crippen molar-refractivity contribution in [2.45, 2.75) is 31.6 Å². The molecular weight excluding hydrogens is 224 g/mol. The van der Waals surface area contributed by atoms with Crippen molar-refractivity contribution in [2.75, 3.05) is 6.54 Å². The molecule has 5 heteroatoms. The number of thiophene rings is 1. The SMILES string of the molecule is NC[C@H]1CC[C@@H](C(=O)NCc2cccs2)O1. The van der Waals surface area contributed by atoms with Crippen LogP contribution < -0.4 is 11.1 Å². The summed E-state index contributed by atoms with van der Waals surface area (Å²) in [5.41, 5.74) is 5.49. The molecule has 2 atom stereocenters. The predicted molar refractivity (Wildman–Crippen MR) is 63.1 cm³/mol. The first kappa shape index (κ1) is 11.6. The Kier molecular flexibility index (Phi) is 3.93. The van der Waals surface area contributed by atoms with E-state index in [-0.39, 0.29) is 18.1 Å². The minimum absolute atomic E-state index is 0.0237. The Balaban J connectivity index is 1.76. The van der Waals surface area contributed by atoms with E-state index in [9.17, 15) is 4.79 Å². The minimum atomic E-state index is -0.312. The number of hydrogen-bond acceptors (Lipinski definition) is 4. The van der Waals surface area contributed by atoms with Crippen molar-refractivity contribution >= 4 is 17.2 Å². The first-order valence-corrected chi connectivity index (χ1v) is 6.33. The lowest BCUT2D eigenvalue weighted by atomic mass is 10.2. The summed E-state index contributed by atoms with van der Waals surface area (Å²) < 4.78 is 5.51. The van der Waals surface area contributed by atoms with Gasteiger partial charge < -0.3 is 15.8 Å².